The Hall–Kier alpha value is -3.04. The second-order valence-electron chi connectivity index (χ2n) is 7.65. The van der Waals surface area contributed by atoms with Crippen molar-refractivity contribution in [1.82, 2.24) is 10.3 Å². The molecule has 0 aliphatic carbocycles. The summed E-state index contributed by atoms with van der Waals surface area (Å²) in [5.41, 5.74) is 2.69. The van der Waals surface area contributed by atoms with Gasteiger partial charge in [-0.1, -0.05) is 37.8 Å². The van der Waals surface area contributed by atoms with Crippen LogP contribution < -0.4 is 20.7 Å². The highest BCUT2D eigenvalue weighted by Gasteiger charge is 2.06. The zero-order chi connectivity index (χ0) is 23.3. The van der Waals surface area contributed by atoms with Crippen molar-refractivity contribution in [3.8, 4) is 5.75 Å². The molecule has 0 fully saturated rings. The Bertz CT molecular complexity index is 1070. The van der Waals surface area contributed by atoms with Crippen molar-refractivity contribution in [1.29, 1.82) is 0 Å². The van der Waals surface area contributed by atoms with Gasteiger partial charge in [-0.15, -0.1) is 4.36 Å². The van der Waals surface area contributed by atoms with Crippen molar-refractivity contribution in [2.45, 2.75) is 38.5 Å². The SMILES string of the molecule is O=C(N=S)Nc1ccccc1OCCCCCCCCNC(=S)Nc1ccc2[nH]ccc2c1. The summed E-state index contributed by atoms with van der Waals surface area (Å²) in [6.45, 7) is 1.47. The molecular formula is C24H29N5O2S2. The number of anilines is 2. The zero-order valence-corrected chi connectivity index (χ0v) is 20.1. The minimum atomic E-state index is -0.565. The number of H-pyrrole nitrogens is 1. The normalized spacial score (nSPS) is 10.5. The molecular weight excluding hydrogens is 454 g/mol. The van der Waals surface area contributed by atoms with Crippen LogP contribution in [0.5, 0.6) is 5.75 Å². The Morgan fingerprint density at radius 3 is 2.61 bits per heavy atom. The molecule has 0 unspecified atom stereocenters. The summed E-state index contributed by atoms with van der Waals surface area (Å²) in [5, 5.41) is 10.9. The van der Waals surface area contributed by atoms with Crippen LogP contribution in [-0.2, 0) is 12.4 Å². The predicted octanol–water partition coefficient (Wildman–Crippen LogP) is 6.14. The number of rotatable bonds is 12. The number of nitrogens with one attached hydrogen (secondary N) is 4. The molecule has 0 atom stereocenters. The van der Waals surface area contributed by atoms with Crippen molar-refractivity contribution in [3.63, 3.8) is 0 Å². The van der Waals surface area contributed by atoms with Gasteiger partial charge in [0.05, 0.1) is 12.3 Å². The molecule has 1 heterocycles. The summed E-state index contributed by atoms with van der Waals surface area (Å²) in [6.07, 6.45) is 8.58. The van der Waals surface area contributed by atoms with E-state index >= 15 is 0 Å². The Morgan fingerprint density at radius 1 is 0.970 bits per heavy atom. The Kier molecular flexibility index (Phi) is 10.1. The van der Waals surface area contributed by atoms with Crippen molar-refractivity contribution < 1.29 is 9.53 Å². The average molecular weight is 484 g/mol. The third kappa shape index (κ3) is 8.43. The highest BCUT2D eigenvalue weighted by molar-refractivity contribution is 7.80. The third-order valence-corrected chi connectivity index (χ3v) is 5.55. The summed E-state index contributed by atoms with van der Waals surface area (Å²) < 4.78 is 8.97. The van der Waals surface area contributed by atoms with E-state index < -0.39 is 6.03 Å². The molecule has 9 heteroatoms. The third-order valence-electron chi connectivity index (χ3n) is 5.14. The molecule has 0 aliphatic rings. The van der Waals surface area contributed by atoms with Crippen LogP contribution in [0, 0.1) is 0 Å². The Labute approximate surface area is 204 Å². The second-order valence-corrected chi connectivity index (χ2v) is 8.24. The molecule has 7 nitrogen and oxygen atoms in total. The summed E-state index contributed by atoms with van der Waals surface area (Å²) in [6, 6.07) is 14.9. The van der Waals surface area contributed by atoms with Gasteiger partial charge < -0.3 is 25.7 Å². The molecule has 0 saturated carbocycles. The number of carbonyl (C=O) groups is 1. The van der Waals surface area contributed by atoms with Crippen LogP contribution in [0.3, 0.4) is 0 Å². The maximum absolute atomic E-state index is 11.4. The summed E-state index contributed by atoms with van der Waals surface area (Å²) in [4.78, 5) is 14.5. The van der Waals surface area contributed by atoms with Gasteiger partial charge in [0.2, 0.25) is 0 Å². The van der Waals surface area contributed by atoms with Crippen LogP contribution in [-0.4, -0.2) is 29.3 Å². The fourth-order valence-electron chi connectivity index (χ4n) is 3.46. The molecule has 0 saturated heterocycles. The van der Waals surface area contributed by atoms with E-state index in [2.05, 4.69) is 43.8 Å². The van der Waals surface area contributed by atoms with E-state index in [1.807, 2.05) is 42.6 Å². The summed E-state index contributed by atoms with van der Waals surface area (Å²) >= 11 is 9.79. The van der Waals surface area contributed by atoms with Crippen molar-refractivity contribution in [2.75, 3.05) is 23.8 Å². The van der Waals surface area contributed by atoms with Gasteiger partial charge in [-0.2, -0.15) is 0 Å². The molecule has 2 amide bonds. The second kappa shape index (κ2) is 13.5. The number of ether oxygens (including phenoxy) is 1. The maximum atomic E-state index is 11.4. The molecule has 0 spiro atoms. The fraction of sp³-hybridized carbons (Fsp3) is 0.333. The van der Waals surface area contributed by atoms with Gasteiger partial charge in [0.15, 0.2) is 5.11 Å². The number of fused-ring (bicyclic) bond motifs is 1. The monoisotopic (exact) mass is 483 g/mol. The van der Waals surface area contributed by atoms with Gasteiger partial charge in [0.25, 0.3) is 0 Å². The van der Waals surface area contributed by atoms with E-state index in [0.29, 0.717) is 23.2 Å². The number of carbonyl (C=O) groups excluding carboxylic acids is 1. The summed E-state index contributed by atoms with van der Waals surface area (Å²) in [5.74, 6) is 0.633. The first-order valence-corrected chi connectivity index (χ1v) is 11.9. The number of urea groups is 1. The lowest BCUT2D eigenvalue weighted by atomic mass is 10.1. The van der Waals surface area contributed by atoms with E-state index in [-0.39, 0.29) is 0 Å². The van der Waals surface area contributed by atoms with Gasteiger partial charge in [-0.05, 0) is 61.5 Å². The van der Waals surface area contributed by atoms with Gasteiger partial charge in [0.1, 0.15) is 5.75 Å². The first kappa shape index (κ1) is 24.6. The van der Waals surface area contributed by atoms with Crippen LogP contribution in [0.15, 0.2) is 59.1 Å². The molecule has 2 aromatic carbocycles. The van der Waals surface area contributed by atoms with Crippen LogP contribution in [0.1, 0.15) is 38.5 Å². The summed E-state index contributed by atoms with van der Waals surface area (Å²) in [7, 11) is 0. The highest BCUT2D eigenvalue weighted by Crippen LogP contribution is 2.24. The standard InChI is InChI=1S/C24H29N5O2S2/c30-23(29-33)28-21-9-5-6-10-22(21)31-16-8-4-2-1-3-7-14-26-24(32)27-19-11-12-20-18(17-19)13-15-25-20/h5-6,9-13,15,17,25H,1-4,7-8,14,16H2,(H,28,30)(H2,26,27,32). The lowest BCUT2D eigenvalue weighted by Crippen LogP contribution is -2.29. The van der Waals surface area contributed by atoms with E-state index in [1.165, 1.54) is 6.42 Å². The fourth-order valence-corrected chi connectivity index (χ4v) is 3.72. The topological polar surface area (TPSA) is 90.5 Å². The van der Waals surface area contributed by atoms with Crippen LogP contribution in [0.4, 0.5) is 16.2 Å². The Balaban J connectivity index is 1.20. The molecule has 3 rings (SSSR count). The van der Waals surface area contributed by atoms with Crippen molar-refractivity contribution >= 4 is 58.1 Å². The number of benzene rings is 2. The molecule has 1 aromatic heterocycles. The molecule has 0 radical (unpaired) electrons. The molecule has 0 aliphatic heterocycles. The van der Waals surface area contributed by atoms with Crippen molar-refractivity contribution in [2.24, 2.45) is 4.36 Å². The first-order valence-electron chi connectivity index (χ1n) is 11.1. The number of aromatic amines is 1. The highest BCUT2D eigenvalue weighted by atomic mass is 32.1. The lowest BCUT2D eigenvalue weighted by Gasteiger charge is -2.11. The molecule has 3 aromatic rings. The number of amides is 2. The number of hydrogen-bond acceptors (Lipinski definition) is 4. The zero-order valence-electron chi connectivity index (χ0n) is 18.4. The van der Waals surface area contributed by atoms with E-state index in [9.17, 15) is 4.79 Å². The van der Waals surface area contributed by atoms with Crippen molar-refractivity contribution in [3.05, 3.63) is 54.7 Å². The predicted molar refractivity (Wildman–Crippen MR) is 141 cm³/mol. The number of aromatic nitrogens is 1. The number of thiocarbonyl (C=S) groups is 1. The van der Waals surface area contributed by atoms with Gasteiger partial charge in [-0.3, -0.25) is 0 Å². The first-order chi connectivity index (χ1) is 16.2. The van der Waals surface area contributed by atoms with E-state index in [1.54, 1.807) is 6.07 Å². The Morgan fingerprint density at radius 2 is 1.76 bits per heavy atom. The quantitative estimate of drug-likeness (QED) is 0.183. The largest absolute Gasteiger partial charge is 0.491 e. The van der Waals surface area contributed by atoms with E-state index in [4.69, 9.17) is 17.0 Å². The number of unbranched alkanes of at least 4 members (excludes halogenated alkanes) is 5. The lowest BCUT2D eigenvalue weighted by molar-refractivity contribution is 0.259. The number of para-hydroxylation sites is 2. The van der Waals surface area contributed by atoms with Gasteiger partial charge in [-0.25, -0.2) is 4.79 Å². The molecule has 174 valence electrons. The van der Waals surface area contributed by atoms with Crippen LogP contribution in [0.2, 0.25) is 0 Å². The smallest absolute Gasteiger partial charge is 0.356 e. The average Bonchev–Trinajstić information content (AvgIpc) is 3.29. The van der Waals surface area contributed by atoms with Crippen LogP contribution >= 0.6 is 12.2 Å². The minimum absolute atomic E-state index is 0.565. The van der Waals surface area contributed by atoms with Gasteiger partial charge >= 0.3 is 6.03 Å². The molecule has 0 bridgehead atoms. The molecule has 33 heavy (non-hydrogen) atoms. The van der Waals surface area contributed by atoms with E-state index in [0.717, 1.165) is 55.2 Å². The van der Waals surface area contributed by atoms with Gasteiger partial charge in [0, 0.05) is 41.8 Å². The minimum Gasteiger partial charge on any atom is -0.491 e. The van der Waals surface area contributed by atoms with Crippen LogP contribution in [0.25, 0.3) is 10.9 Å². The maximum Gasteiger partial charge on any atom is 0.356 e. The number of nitrogens with zero attached hydrogens (tertiary/aromatic N) is 1. The number of hydrogen-bond donors (Lipinski definition) is 4. The molecule has 4 N–H and O–H groups in total.